The van der Waals surface area contributed by atoms with Crippen LogP contribution in [-0.2, 0) is 35.5 Å². The van der Waals surface area contributed by atoms with E-state index in [0.717, 1.165) is 48.2 Å². The Morgan fingerprint density at radius 2 is 1.12 bits per heavy atom. The smallest absolute Gasteiger partial charge is 0.210 e. The predicted octanol–water partition coefficient (Wildman–Crippen LogP) is 6.68. The van der Waals surface area contributed by atoms with E-state index in [1.165, 1.54) is 53.6 Å². The molecule has 6 rings (SSSR count). The highest BCUT2D eigenvalue weighted by molar-refractivity contribution is 7.92. The molecule has 3 nitrogen and oxygen atoms in total. The lowest BCUT2D eigenvalue weighted by Crippen LogP contribution is -2.26. The molecule has 0 bridgehead atoms. The monoisotopic (exact) mass is 443 g/mol. The van der Waals surface area contributed by atoms with Crippen LogP contribution in [-0.4, -0.2) is 8.42 Å². The first-order chi connectivity index (χ1) is 15.4. The molecule has 3 aromatic rings. The molecule has 0 saturated carbocycles. The standard InChI is InChI=1S/C28H29NO2S/c1-18-11-13-24-26(15-18)32(30,31)27-16-19(2)12-14-25(27)29(24)28-22-9-5-3-7-20(22)17-21-8-4-6-10-23(21)28/h11-17H,3-10H2,1-2H3. The van der Waals surface area contributed by atoms with Gasteiger partial charge < -0.3 is 4.90 Å². The Morgan fingerprint density at radius 3 is 1.62 bits per heavy atom. The van der Waals surface area contributed by atoms with Crippen LogP contribution in [0, 0.1) is 13.8 Å². The molecule has 0 aromatic heterocycles. The maximum atomic E-state index is 13.7. The van der Waals surface area contributed by atoms with E-state index in [-0.39, 0.29) is 0 Å². The Balaban J connectivity index is 1.73. The Hall–Kier alpha value is -2.59. The first kappa shape index (κ1) is 20.0. The molecule has 0 unspecified atom stereocenters. The van der Waals surface area contributed by atoms with Gasteiger partial charge in [0, 0.05) is 0 Å². The first-order valence-corrected chi connectivity index (χ1v) is 13.4. The summed E-state index contributed by atoms with van der Waals surface area (Å²) in [5.74, 6) is 0. The average Bonchev–Trinajstić information content (AvgIpc) is 2.79. The van der Waals surface area contributed by atoms with Crippen molar-refractivity contribution in [3.63, 3.8) is 0 Å². The van der Waals surface area contributed by atoms with Crippen molar-refractivity contribution in [2.24, 2.45) is 0 Å². The summed E-state index contributed by atoms with van der Waals surface area (Å²) in [6, 6.07) is 14.3. The van der Waals surface area contributed by atoms with Gasteiger partial charge in [-0.1, -0.05) is 18.2 Å². The van der Waals surface area contributed by atoms with E-state index < -0.39 is 9.84 Å². The first-order valence-electron chi connectivity index (χ1n) is 11.9. The summed E-state index contributed by atoms with van der Waals surface area (Å²) in [5.41, 5.74) is 10.7. The molecule has 2 aliphatic carbocycles. The highest BCUT2D eigenvalue weighted by atomic mass is 32.2. The SMILES string of the molecule is Cc1ccc2c(c1)S(=O)(=O)c1cc(C)ccc1N2c1c2c(cc3c1CCCC3)CCCC2. The second kappa shape index (κ2) is 7.21. The molecule has 4 heteroatoms. The van der Waals surface area contributed by atoms with Crippen LogP contribution in [0.25, 0.3) is 0 Å². The second-order valence-electron chi connectivity index (χ2n) is 9.70. The van der Waals surface area contributed by atoms with Gasteiger partial charge in [0.2, 0.25) is 9.84 Å². The Morgan fingerprint density at radius 1 is 0.656 bits per heavy atom. The van der Waals surface area contributed by atoms with Crippen LogP contribution < -0.4 is 4.90 Å². The van der Waals surface area contributed by atoms with Gasteiger partial charge in [-0.25, -0.2) is 8.42 Å². The summed E-state index contributed by atoms with van der Waals surface area (Å²) < 4.78 is 27.5. The molecular weight excluding hydrogens is 414 g/mol. The van der Waals surface area contributed by atoms with Crippen molar-refractivity contribution in [1.29, 1.82) is 0 Å². The lowest BCUT2D eigenvalue weighted by molar-refractivity contribution is 0.594. The fourth-order valence-electron chi connectivity index (χ4n) is 5.91. The fraction of sp³-hybridized carbons (Fsp3) is 0.357. The van der Waals surface area contributed by atoms with Crippen LogP contribution in [0.2, 0.25) is 0 Å². The van der Waals surface area contributed by atoms with Crippen molar-refractivity contribution in [3.8, 4) is 0 Å². The molecule has 0 N–H and O–H groups in total. The molecule has 1 aliphatic heterocycles. The van der Waals surface area contributed by atoms with Gasteiger partial charge in [-0.2, -0.15) is 0 Å². The van der Waals surface area contributed by atoms with Gasteiger partial charge in [0.05, 0.1) is 26.9 Å². The molecule has 0 saturated heterocycles. The highest BCUT2D eigenvalue weighted by Crippen LogP contribution is 2.52. The van der Waals surface area contributed by atoms with Gasteiger partial charge in [-0.05, 0) is 123 Å². The number of benzene rings is 3. The van der Waals surface area contributed by atoms with Crippen molar-refractivity contribution in [3.05, 3.63) is 75.8 Å². The van der Waals surface area contributed by atoms with E-state index in [1.807, 2.05) is 50.2 Å². The number of nitrogens with zero attached hydrogens (tertiary/aromatic N) is 1. The number of anilines is 3. The number of hydrogen-bond donors (Lipinski definition) is 0. The number of sulfone groups is 1. The minimum absolute atomic E-state index is 0.438. The van der Waals surface area contributed by atoms with Gasteiger partial charge in [-0.15, -0.1) is 0 Å². The fourth-order valence-corrected chi connectivity index (χ4v) is 7.70. The summed E-state index contributed by atoms with van der Waals surface area (Å²) in [6.07, 6.45) is 9.29. The Kier molecular flexibility index (Phi) is 4.52. The quantitative estimate of drug-likeness (QED) is 0.329. The van der Waals surface area contributed by atoms with Gasteiger partial charge in [-0.3, -0.25) is 0 Å². The summed E-state index contributed by atoms with van der Waals surface area (Å²) >= 11 is 0. The van der Waals surface area contributed by atoms with Crippen LogP contribution >= 0.6 is 0 Å². The molecule has 0 fully saturated rings. The molecule has 32 heavy (non-hydrogen) atoms. The van der Waals surface area contributed by atoms with Gasteiger partial charge in [0.25, 0.3) is 0 Å². The van der Waals surface area contributed by atoms with Crippen molar-refractivity contribution in [2.45, 2.75) is 75.0 Å². The minimum Gasteiger partial charge on any atom is -0.307 e. The zero-order chi connectivity index (χ0) is 22.0. The van der Waals surface area contributed by atoms with E-state index in [4.69, 9.17) is 0 Å². The topological polar surface area (TPSA) is 37.4 Å². The van der Waals surface area contributed by atoms with Crippen LogP contribution in [0.1, 0.15) is 59.1 Å². The summed E-state index contributed by atoms with van der Waals surface area (Å²) in [5, 5.41) is 0. The van der Waals surface area contributed by atoms with E-state index in [2.05, 4.69) is 11.0 Å². The zero-order valence-electron chi connectivity index (χ0n) is 18.9. The van der Waals surface area contributed by atoms with E-state index >= 15 is 0 Å². The van der Waals surface area contributed by atoms with Crippen molar-refractivity contribution >= 4 is 26.9 Å². The molecule has 1 heterocycles. The lowest BCUT2D eigenvalue weighted by Gasteiger charge is -2.38. The number of rotatable bonds is 1. The van der Waals surface area contributed by atoms with E-state index in [9.17, 15) is 8.42 Å². The third-order valence-electron chi connectivity index (χ3n) is 7.46. The third kappa shape index (κ3) is 2.88. The molecule has 164 valence electrons. The van der Waals surface area contributed by atoms with Crippen LogP contribution in [0.15, 0.2) is 52.3 Å². The van der Waals surface area contributed by atoms with Crippen molar-refractivity contribution in [1.82, 2.24) is 0 Å². The maximum absolute atomic E-state index is 13.7. The highest BCUT2D eigenvalue weighted by Gasteiger charge is 2.38. The summed E-state index contributed by atoms with van der Waals surface area (Å²) in [7, 11) is -3.57. The molecule has 0 atom stereocenters. The van der Waals surface area contributed by atoms with Crippen LogP contribution in [0.3, 0.4) is 0 Å². The van der Waals surface area contributed by atoms with E-state index in [0.29, 0.717) is 9.79 Å². The minimum atomic E-state index is -3.57. The molecule has 3 aromatic carbocycles. The summed E-state index contributed by atoms with van der Waals surface area (Å²) in [4.78, 5) is 3.18. The largest absolute Gasteiger partial charge is 0.307 e. The van der Waals surface area contributed by atoms with Crippen molar-refractivity contribution in [2.75, 3.05) is 4.90 Å². The second-order valence-corrected chi connectivity index (χ2v) is 11.6. The van der Waals surface area contributed by atoms with Crippen LogP contribution in [0.4, 0.5) is 17.1 Å². The number of hydrogen-bond acceptors (Lipinski definition) is 3. The molecule has 0 amide bonds. The summed E-state index contributed by atoms with van der Waals surface area (Å²) in [6.45, 7) is 3.94. The van der Waals surface area contributed by atoms with Gasteiger partial charge >= 0.3 is 0 Å². The number of aryl methyl sites for hydroxylation is 4. The zero-order valence-corrected chi connectivity index (χ0v) is 19.7. The maximum Gasteiger partial charge on any atom is 0.210 e. The molecule has 0 radical (unpaired) electrons. The Labute approximate surface area is 191 Å². The third-order valence-corrected chi connectivity index (χ3v) is 9.27. The lowest BCUT2D eigenvalue weighted by atomic mass is 9.81. The Bertz CT molecular complexity index is 1280. The molecule has 3 aliphatic rings. The van der Waals surface area contributed by atoms with Crippen molar-refractivity contribution < 1.29 is 8.42 Å². The molecule has 0 spiro atoms. The normalized spacial score (nSPS) is 18.4. The van der Waals surface area contributed by atoms with Crippen LogP contribution in [0.5, 0.6) is 0 Å². The van der Waals surface area contributed by atoms with Gasteiger partial charge in [0.1, 0.15) is 0 Å². The van der Waals surface area contributed by atoms with E-state index in [1.54, 1.807) is 0 Å². The average molecular weight is 444 g/mol. The molecular formula is C28H29NO2S. The van der Waals surface area contributed by atoms with Gasteiger partial charge in [0.15, 0.2) is 0 Å². The number of fused-ring (bicyclic) bond motifs is 4. The predicted molar refractivity (Wildman–Crippen MR) is 129 cm³/mol.